The summed E-state index contributed by atoms with van der Waals surface area (Å²) in [6.45, 7) is 1.83. The molecular formula is C19H22Cl2N2O2. The van der Waals surface area contributed by atoms with Crippen molar-refractivity contribution in [2.24, 2.45) is 0 Å². The molecule has 6 heteroatoms. The fourth-order valence-electron chi connectivity index (χ4n) is 2.39. The number of unbranched alkanes of at least 4 members (excludes halogenated alkanes) is 1. The monoisotopic (exact) mass is 380 g/mol. The highest BCUT2D eigenvalue weighted by Gasteiger charge is 2.15. The number of rotatable bonds is 8. The van der Waals surface area contributed by atoms with Crippen molar-refractivity contribution in [1.82, 2.24) is 4.90 Å². The number of nitrogens with zero attached hydrogens (tertiary/aromatic N) is 1. The summed E-state index contributed by atoms with van der Waals surface area (Å²) in [5, 5.41) is 3.83. The van der Waals surface area contributed by atoms with Crippen LogP contribution in [-0.2, 0) is 11.3 Å². The normalized spacial score (nSPS) is 10.5. The summed E-state index contributed by atoms with van der Waals surface area (Å²) in [5.74, 6) is 0. The lowest BCUT2D eigenvalue weighted by Gasteiger charge is -2.23. The van der Waals surface area contributed by atoms with Gasteiger partial charge in [0.1, 0.15) is 0 Å². The number of amides is 2. The molecule has 0 atom stereocenters. The molecular weight excluding hydrogens is 359 g/mol. The standard InChI is InChI=1S/C19H22Cl2N2O2/c1-25-12-6-5-11-23(14-15-7-3-2-4-8-15)19(24)22-18-13-16(20)9-10-17(18)21/h2-4,7-10,13H,5-6,11-12,14H2,1H3,(H,22,24). The van der Waals surface area contributed by atoms with E-state index in [4.69, 9.17) is 27.9 Å². The third kappa shape index (κ3) is 6.58. The lowest BCUT2D eigenvalue weighted by molar-refractivity contribution is 0.182. The number of carbonyl (C=O) groups is 1. The molecule has 0 fully saturated rings. The summed E-state index contributed by atoms with van der Waals surface area (Å²) >= 11 is 12.1. The van der Waals surface area contributed by atoms with Gasteiger partial charge in [-0.15, -0.1) is 0 Å². The van der Waals surface area contributed by atoms with E-state index in [1.54, 1.807) is 30.2 Å². The summed E-state index contributed by atoms with van der Waals surface area (Å²) in [6.07, 6.45) is 1.75. The van der Waals surface area contributed by atoms with E-state index in [0.29, 0.717) is 35.4 Å². The average molecular weight is 381 g/mol. The predicted octanol–water partition coefficient (Wildman–Crippen LogP) is 5.45. The first-order valence-electron chi connectivity index (χ1n) is 8.14. The molecule has 25 heavy (non-hydrogen) atoms. The Bertz CT molecular complexity index is 680. The summed E-state index contributed by atoms with van der Waals surface area (Å²) < 4.78 is 5.08. The van der Waals surface area contributed by atoms with Crippen molar-refractivity contribution >= 4 is 34.9 Å². The van der Waals surface area contributed by atoms with Crippen molar-refractivity contribution in [2.75, 3.05) is 25.6 Å². The highest BCUT2D eigenvalue weighted by molar-refractivity contribution is 6.35. The third-order valence-corrected chi connectivity index (χ3v) is 4.26. The maximum atomic E-state index is 12.7. The Morgan fingerprint density at radius 1 is 1.12 bits per heavy atom. The number of halogens is 2. The molecule has 0 radical (unpaired) electrons. The highest BCUT2D eigenvalue weighted by atomic mass is 35.5. The van der Waals surface area contributed by atoms with Crippen LogP contribution < -0.4 is 5.32 Å². The van der Waals surface area contributed by atoms with Crippen LogP contribution >= 0.6 is 23.2 Å². The molecule has 0 unspecified atom stereocenters. The molecule has 2 amide bonds. The van der Waals surface area contributed by atoms with Gasteiger partial charge in [-0.05, 0) is 36.6 Å². The van der Waals surface area contributed by atoms with Gasteiger partial charge in [-0.3, -0.25) is 0 Å². The smallest absolute Gasteiger partial charge is 0.322 e. The van der Waals surface area contributed by atoms with E-state index in [1.807, 2.05) is 30.3 Å². The zero-order valence-corrected chi connectivity index (χ0v) is 15.7. The van der Waals surface area contributed by atoms with E-state index >= 15 is 0 Å². The van der Waals surface area contributed by atoms with E-state index in [0.717, 1.165) is 18.4 Å². The van der Waals surface area contributed by atoms with Crippen LogP contribution in [0.4, 0.5) is 10.5 Å². The van der Waals surface area contributed by atoms with Crippen molar-refractivity contribution in [3.05, 3.63) is 64.1 Å². The number of methoxy groups -OCH3 is 1. The maximum absolute atomic E-state index is 12.7. The minimum atomic E-state index is -0.203. The van der Waals surface area contributed by atoms with E-state index in [9.17, 15) is 4.79 Å². The number of ether oxygens (including phenoxy) is 1. The van der Waals surface area contributed by atoms with E-state index in [1.165, 1.54) is 0 Å². The Labute approximate surface area is 158 Å². The van der Waals surface area contributed by atoms with E-state index in [2.05, 4.69) is 5.32 Å². The van der Waals surface area contributed by atoms with Crippen molar-refractivity contribution in [1.29, 1.82) is 0 Å². The number of benzene rings is 2. The van der Waals surface area contributed by atoms with Gasteiger partial charge in [-0.25, -0.2) is 4.79 Å². The van der Waals surface area contributed by atoms with E-state index < -0.39 is 0 Å². The molecule has 0 aromatic heterocycles. The second-order valence-electron chi connectivity index (χ2n) is 5.66. The fourth-order valence-corrected chi connectivity index (χ4v) is 2.73. The van der Waals surface area contributed by atoms with Crippen LogP contribution in [0.25, 0.3) is 0 Å². The van der Waals surface area contributed by atoms with Gasteiger partial charge < -0.3 is 15.0 Å². The largest absolute Gasteiger partial charge is 0.385 e. The first-order valence-corrected chi connectivity index (χ1v) is 8.89. The van der Waals surface area contributed by atoms with Crippen LogP contribution in [0.5, 0.6) is 0 Å². The maximum Gasteiger partial charge on any atom is 0.322 e. The minimum Gasteiger partial charge on any atom is -0.385 e. The van der Waals surface area contributed by atoms with Crippen molar-refractivity contribution in [2.45, 2.75) is 19.4 Å². The summed E-state index contributed by atoms with van der Waals surface area (Å²) in [4.78, 5) is 14.5. The van der Waals surface area contributed by atoms with Gasteiger partial charge in [0.05, 0.1) is 10.7 Å². The Morgan fingerprint density at radius 3 is 2.60 bits per heavy atom. The van der Waals surface area contributed by atoms with Crippen LogP contribution in [0.2, 0.25) is 10.0 Å². The average Bonchev–Trinajstić information content (AvgIpc) is 2.61. The summed E-state index contributed by atoms with van der Waals surface area (Å²) in [5.41, 5.74) is 1.58. The quantitative estimate of drug-likeness (QED) is 0.618. The molecule has 1 N–H and O–H groups in total. The Hall–Kier alpha value is -1.75. The Kier molecular flexibility index (Phi) is 8.06. The molecule has 0 saturated heterocycles. The number of hydrogen-bond donors (Lipinski definition) is 1. The number of anilines is 1. The first kappa shape index (κ1) is 19.6. The first-order chi connectivity index (χ1) is 12.1. The topological polar surface area (TPSA) is 41.6 Å². The van der Waals surface area contributed by atoms with Crippen molar-refractivity contribution in [3.8, 4) is 0 Å². The lowest BCUT2D eigenvalue weighted by atomic mass is 10.2. The summed E-state index contributed by atoms with van der Waals surface area (Å²) in [6, 6.07) is 14.7. The van der Waals surface area contributed by atoms with Gasteiger partial charge in [0.15, 0.2) is 0 Å². The Balaban J connectivity index is 2.06. The van der Waals surface area contributed by atoms with Gasteiger partial charge in [0.2, 0.25) is 0 Å². The minimum absolute atomic E-state index is 0.203. The van der Waals surface area contributed by atoms with Gasteiger partial charge in [0, 0.05) is 31.8 Å². The number of urea groups is 1. The van der Waals surface area contributed by atoms with Crippen LogP contribution in [0, 0.1) is 0 Å². The second-order valence-corrected chi connectivity index (χ2v) is 6.51. The van der Waals surface area contributed by atoms with Crippen LogP contribution in [-0.4, -0.2) is 31.2 Å². The molecule has 134 valence electrons. The van der Waals surface area contributed by atoms with Gasteiger partial charge in [-0.1, -0.05) is 53.5 Å². The van der Waals surface area contributed by atoms with E-state index in [-0.39, 0.29) is 6.03 Å². The van der Waals surface area contributed by atoms with Gasteiger partial charge in [-0.2, -0.15) is 0 Å². The molecule has 0 aliphatic rings. The number of nitrogens with one attached hydrogen (secondary N) is 1. The molecule has 0 heterocycles. The van der Waals surface area contributed by atoms with Crippen LogP contribution in [0.1, 0.15) is 18.4 Å². The zero-order chi connectivity index (χ0) is 18.1. The lowest BCUT2D eigenvalue weighted by Crippen LogP contribution is -2.35. The molecule has 2 rings (SSSR count). The highest BCUT2D eigenvalue weighted by Crippen LogP contribution is 2.25. The molecule has 2 aromatic rings. The van der Waals surface area contributed by atoms with Gasteiger partial charge >= 0.3 is 6.03 Å². The molecule has 0 aliphatic heterocycles. The van der Waals surface area contributed by atoms with Crippen molar-refractivity contribution < 1.29 is 9.53 Å². The fraction of sp³-hybridized carbons (Fsp3) is 0.316. The SMILES string of the molecule is COCCCCN(Cc1ccccc1)C(=O)Nc1cc(Cl)ccc1Cl. The summed E-state index contributed by atoms with van der Waals surface area (Å²) in [7, 11) is 1.68. The molecule has 0 saturated carbocycles. The molecule has 0 bridgehead atoms. The second kappa shape index (κ2) is 10.3. The molecule has 4 nitrogen and oxygen atoms in total. The molecule has 2 aromatic carbocycles. The molecule has 0 aliphatic carbocycles. The number of carbonyl (C=O) groups excluding carboxylic acids is 1. The van der Waals surface area contributed by atoms with Crippen LogP contribution in [0.15, 0.2) is 48.5 Å². The predicted molar refractivity (Wildman–Crippen MR) is 103 cm³/mol. The zero-order valence-electron chi connectivity index (χ0n) is 14.2. The van der Waals surface area contributed by atoms with Gasteiger partial charge in [0.25, 0.3) is 0 Å². The van der Waals surface area contributed by atoms with Crippen LogP contribution in [0.3, 0.4) is 0 Å². The third-order valence-electron chi connectivity index (χ3n) is 3.70. The number of hydrogen-bond acceptors (Lipinski definition) is 2. The Morgan fingerprint density at radius 2 is 1.88 bits per heavy atom. The molecule has 0 spiro atoms. The van der Waals surface area contributed by atoms with Crippen molar-refractivity contribution in [3.63, 3.8) is 0 Å².